The van der Waals surface area contributed by atoms with Gasteiger partial charge in [-0.25, -0.2) is 0 Å². The summed E-state index contributed by atoms with van der Waals surface area (Å²) in [6, 6.07) is 7.20. The summed E-state index contributed by atoms with van der Waals surface area (Å²) in [5.41, 5.74) is 6.72. The molecule has 4 nitrogen and oxygen atoms in total. The number of hydrogen-bond donors (Lipinski definition) is 2. The van der Waals surface area contributed by atoms with E-state index in [1.165, 1.54) is 0 Å². The van der Waals surface area contributed by atoms with Gasteiger partial charge in [0.15, 0.2) is 0 Å². The average molecular weight is 274 g/mol. The molecule has 1 unspecified atom stereocenters. The second-order valence-corrected chi connectivity index (χ2v) is 4.87. The Morgan fingerprint density at radius 3 is 2.80 bits per heavy atom. The number of methoxy groups -OCH3 is 1. The molecule has 20 heavy (non-hydrogen) atoms. The first-order chi connectivity index (χ1) is 9.58. The minimum Gasteiger partial charge on any atom is -0.383 e. The summed E-state index contributed by atoms with van der Waals surface area (Å²) in [6.45, 7) is 4.90. The van der Waals surface area contributed by atoms with Crippen LogP contribution in [-0.4, -0.2) is 32.2 Å². The highest BCUT2D eigenvalue weighted by Crippen LogP contribution is 2.07. The number of carbonyl (C=O) groups excluding carboxylic acids is 1. The molecule has 0 aliphatic carbocycles. The van der Waals surface area contributed by atoms with Crippen molar-refractivity contribution in [1.29, 1.82) is 0 Å². The van der Waals surface area contributed by atoms with E-state index < -0.39 is 0 Å². The van der Waals surface area contributed by atoms with Crippen LogP contribution in [0.5, 0.6) is 0 Å². The molecule has 0 aliphatic rings. The summed E-state index contributed by atoms with van der Waals surface area (Å²) in [6.07, 6.45) is 0. The Bertz CT molecular complexity index is 501. The van der Waals surface area contributed by atoms with Gasteiger partial charge in [0.2, 0.25) is 0 Å². The normalized spacial score (nSPS) is 11.7. The largest absolute Gasteiger partial charge is 0.383 e. The van der Waals surface area contributed by atoms with E-state index in [0.29, 0.717) is 24.6 Å². The molecule has 0 aliphatic heterocycles. The Hall–Kier alpha value is -1.83. The molecule has 1 atom stereocenters. The predicted molar refractivity (Wildman–Crippen MR) is 80.3 cm³/mol. The zero-order valence-electron chi connectivity index (χ0n) is 12.3. The van der Waals surface area contributed by atoms with Crippen molar-refractivity contribution in [2.45, 2.75) is 19.9 Å². The van der Waals surface area contributed by atoms with Crippen LogP contribution in [0.1, 0.15) is 29.8 Å². The summed E-state index contributed by atoms with van der Waals surface area (Å²) in [4.78, 5) is 12.2. The zero-order valence-corrected chi connectivity index (χ0v) is 12.3. The minimum absolute atomic E-state index is 0.00807. The molecular formula is C16H22N2O2. The van der Waals surface area contributed by atoms with Crippen LogP contribution in [0.2, 0.25) is 0 Å². The van der Waals surface area contributed by atoms with E-state index in [9.17, 15) is 4.79 Å². The van der Waals surface area contributed by atoms with E-state index in [2.05, 4.69) is 17.2 Å². The molecule has 0 heterocycles. The SMILES string of the molecule is COCC(NC(=O)c1cccc(C#CCN)c1)C(C)C. The van der Waals surface area contributed by atoms with Crippen molar-refractivity contribution in [1.82, 2.24) is 5.32 Å². The lowest BCUT2D eigenvalue weighted by Gasteiger charge is -2.21. The van der Waals surface area contributed by atoms with Gasteiger partial charge in [-0.15, -0.1) is 0 Å². The fourth-order valence-corrected chi connectivity index (χ4v) is 1.72. The smallest absolute Gasteiger partial charge is 0.251 e. The molecule has 1 amide bonds. The van der Waals surface area contributed by atoms with Gasteiger partial charge in [0, 0.05) is 18.2 Å². The highest BCUT2D eigenvalue weighted by Gasteiger charge is 2.16. The molecule has 0 spiro atoms. The van der Waals surface area contributed by atoms with Crippen molar-refractivity contribution in [2.24, 2.45) is 11.7 Å². The monoisotopic (exact) mass is 274 g/mol. The number of rotatable bonds is 5. The van der Waals surface area contributed by atoms with Crippen molar-refractivity contribution in [3.63, 3.8) is 0 Å². The Morgan fingerprint density at radius 2 is 2.20 bits per heavy atom. The van der Waals surface area contributed by atoms with Crippen molar-refractivity contribution in [2.75, 3.05) is 20.3 Å². The number of nitrogens with one attached hydrogen (secondary N) is 1. The third-order valence-corrected chi connectivity index (χ3v) is 2.93. The van der Waals surface area contributed by atoms with Gasteiger partial charge in [0.25, 0.3) is 5.91 Å². The van der Waals surface area contributed by atoms with Gasteiger partial charge < -0.3 is 15.8 Å². The minimum atomic E-state index is -0.114. The van der Waals surface area contributed by atoms with Gasteiger partial charge >= 0.3 is 0 Å². The fraction of sp³-hybridized carbons (Fsp3) is 0.438. The van der Waals surface area contributed by atoms with Crippen LogP contribution < -0.4 is 11.1 Å². The molecule has 1 aromatic carbocycles. The van der Waals surface area contributed by atoms with Crippen LogP contribution in [0.15, 0.2) is 24.3 Å². The first kappa shape index (κ1) is 16.2. The second kappa shape index (κ2) is 8.36. The summed E-state index contributed by atoms with van der Waals surface area (Å²) >= 11 is 0. The van der Waals surface area contributed by atoms with Gasteiger partial charge in [-0.1, -0.05) is 31.8 Å². The lowest BCUT2D eigenvalue weighted by Crippen LogP contribution is -2.41. The molecule has 1 aromatic rings. The maximum Gasteiger partial charge on any atom is 0.251 e. The van der Waals surface area contributed by atoms with Gasteiger partial charge in [-0.2, -0.15) is 0 Å². The first-order valence-corrected chi connectivity index (χ1v) is 6.67. The van der Waals surface area contributed by atoms with E-state index >= 15 is 0 Å². The molecule has 0 radical (unpaired) electrons. The Kier molecular flexibility index (Phi) is 6.78. The Balaban J connectivity index is 2.81. The van der Waals surface area contributed by atoms with Crippen molar-refractivity contribution in [3.8, 4) is 11.8 Å². The van der Waals surface area contributed by atoms with E-state index in [-0.39, 0.29) is 11.9 Å². The van der Waals surface area contributed by atoms with E-state index in [0.717, 1.165) is 5.56 Å². The van der Waals surface area contributed by atoms with Crippen LogP contribution in [-0.2, 0) is 4.74 Å². The third-order valence-electron chi connectivity index (χ3n) is 2.93. The molecule has 108 valence electrons. The lowest BCUT2D eigenvalue weighted by atomic mass is 10.0. The van der Waals surface area contributed by atoms with Gasteiger partial charge in [-0.3, -0.25) is 4.79 Å². The molecule has 0 aromatic heterocycles. The number of amides is 1. The van der Waals surface area contributed by atoms with Crippen molar-refractivity contribution < 1.29 is 9.53 Å². The maximum absolute atomic E-state index is 12.2. The highest BCUT2D eigenvalue weighted by atomic mass is 16.5. The lowest BCUT2D eigenvalue weighted by molar-refractivity contribution is 0.0866. The molecule has 4 heteroatoms. The molecule has 0 saturated carbocycles. The second-order valence-electron chi connectivity index (χ2n) is 4.87. The number of hydrogen-bond acceptors (Lipinski definition) is 3. The van der Waals surface area contributed by atoms with Crippen molar-refractivity contribution in [3.05, 3.63) is 35.4 Å². The number of benzene rings is 1. The van der Waals surface area contributed by atoms with Crippen LogP contribution in [0.3, 0.4) is 0 Å². The number of nitrogens with two attached hydrogens (primary N) is 1. The standard InChI is InChI=1S/C16H22N2O2/c1-12(2)15(11-20-3)18-16(19)14-8-4-6-13(10-14)7-5-9-17/h4,6,8,10,12,15H,9,11,17H2,1-3H3,(H,18,19). The number of ether oxygens (including phenoxy) is 1. The van der Waals surface area contributed by atoms with Crippen LogP contribution >= 0.6 is 0 Å². The van der Waals surface area contributed by atoms with Crippen LogP contribution in [0.25, 0.3) is 0 Å². The van der Waals surface area contributed by atoms with Crippen LogP contribution in [0.4, 0.5) is 0 Å². The van der Waals surface area contributed by atoms with Crippen molar-refractivity contribution >= 4 is 5.91 Å². The van der Waals surface area contributed by atoms with E-state index in [4.69, 9.17) is 10.5 Å². The predicted octanol–water partition coefficient (Wildman–Crippen LogP) is 1.40. The Morgan fingerprint density at radius 1 is 1.45 bits per heavy atom. The molecule has 0 bridgehead atoms. The summed E-state index contributed by atoms with van der Waals surface area (Å²) in [5, 5.41) is 2.98. The molecule has 1 rings (SSSR count). The molecular weight excluding hydrogens is 252 g/mol. The summed E-state index contributed by atoms with van der Waals surface area (Å²) in [5.74, 6) is 5.89. The topological polar surface area (TPSA) is 64.3 Å². The summed E-state index contributed by atoms with van der Waals surface area (Å²) < 4.78 is 5.13. The molecule has 0 saturated heterocycles. The quantitative estimate of drug-likeness (QED) is 0.798. The molecule has 0 fully saturated rings. The highest BCUT2D eigenvalue weighted by molar-refractivity contribution is 5.94. The fourth-order valence-electron chi connectivity index (χ4n) is 1.72. The van der Waals surface area contributed by atoms with Gasteiger partial charge in [-0.05, 0) is 24.1 Å². The Labute approximate surface area is 120 Å². The number of carbonyl (C=O) groups is 1. The summed E-state index contributed by atoms with van der Waals surface area (Å²) in [7, 11) is 1.63. The van der Waals surface area contributed by atoms with Gasteiger partial charge in [0.05, 0.1) is 19.2 Å². The average Bonchev–Trinajstić information content (AvgIpc) is 2.44. The van der Waals surface area contributed by atoms with Gasteiger partial charge in [0.1, 0.15) is 0 Å². The maximum atomic E-state index is 12.2. The zero-order chi connectivity index (χ0) is 15.0. The van der Waals surface area contributed by atoms with E-state index in [1.807, 2.05) is 26.0 Å². The third kappa shape index (κ3) is 5.04. The first-order valence-electron chi connectivity index (χ1n) is 6.67. The van der Waals surface area contributed by atoms with E-state index in [1.54, 1.807) is 19.2 Å². The van der Waals surface area contributed by atoms with Crippen LogP contribution in [0, 0.1) is 17.8 Å². The molecule has 3 N–H and O–H groups in total.